The summed E-state index contributed by atoms with van der Waals surface area (Å²) in [6.07, 6.45) is -2.23. The van der Waals surface area contributed by atoms with Crippen molar-refractivity contribution in [2.45, 2.75) is 37.8 Å². The van der Waals surface area contributed by atoms with E-state index in [0.717, 1.165) is 22.3 Å². The van der Waals surface area contributed by atoms with Gasteiger partial charge in [0.25, 0.3) is 0 Å². The molecular weight excluding hydrogens is 400 g/mol. The summed E-state index contributed by atoms with van der Waals surface area (Å²) in [6.45, 7) is 2.86. The van der Waals surface area contributed by atoms with Crippen molar-refractivity contribution in [1.82, 2.24) is 10.6 Å². The van der Waals surface area contributed by atoms with Gasteiger partial charge in [0.05, 0.1) is 6.54 Å². The number of aliphatic hydroxyl groups is 1. The van der Waals surface area contributed by atoms with Gasteiger partial charge in [-0.1, -0.05) is 55.5 Å². The van der Waals surface area contributed by atoms with Gasteiger partial charge in [-0.15, -0.1) is 0 Å². The molecule has 1 aliphatic carbocycles. The minimum atomic E-state index is -1.72. The van der Waals surface area contributed by atoms with Gasteiger partial charge in [-0.3, -0.25) is 4.79 Å². The molecule has 0 radical (unpaired) electrons. The van der Waals surface area contributed by atoms with Crippen LogP contribution in [0.15, 0.2) is 48.5 Å². The van der Waals surface area contributed by atoms with E-state index in [9.17, 15) is 19.5 Å². The first kappa shape index (κ1) is 22.3. The number of benzene rings is 2. The number of carbonyl (C=O) groups excluding carboxylic acids is 2. The van der Waals surface area contributed by atoms with Crippen LogP contribution in [-0.2, 0) is 14.3 Å². The zero-order valence-electron chi connectivity index (χ0n) is 17.4. The number of rotatable bonds is 8. The third-order valence-electron chi connectivity index (χ3n) is 5.67. The first-order chi connectivity index (χ1) is 14.8. The molecule has 164 valence electrons. The molecule has 8 heteroatoms. The smallest absolute Gasteiger partial charge is 0.408 e. The molecule has 1 unspecified atom stereocenters. The summed E-state index contributed by atoms with van der Waals surface area (Å²) in [5.74, 6) is -2.16. The molecule has 4 N–H and O–H groups in total. The third-order valence-corrected chi connectivity index (χ3v) is 5.67. The Labute approximate surface area is 180 Å². The van der Waals surface area contributed by atoms with Crippen LogP contribution < -0.4 is 10.6 Å². The molecule has 3 rings (SSSR count). The van der Waals surface area contributed by atoms with Gasteiger partial charge in [0.15, 0.2) is 6.10 Å². The fraction of sp³-hybridized carbons (Fsp3) is 0.348. The molecule has 1 aliphatic rings. The Bertz CT molecular complexity index is 946. The zero-order valence-corrected chi connectivity index (χ0v) is 17.4. The Morgan fingerprint density at radius 2 is 1.61 bits per heavy atom. The third kappa shape index (κ3) is 4.69. The molecule has 0 saturated heterocycles. The number of hydrogen-bond donors (Lipinski definition) is 4. The van der Waals surface area contributed by atoms with E-state index >= 15 is 0 Å². The number of aliphatic hydroxyl groups excluding tert-OH is 1. The molecule has 8 nitrogen and oxygen atoms in total. The van der Waals surface area contributed by atoms with Gasteiger partial charge < -0.3 is 25.6 Å². The topological polar surface area (TPSA) is 125 Å². The molecule has 0 fully saturated rings. The van der Waals surface area contributed by atoms with Gasteiger partial charge in [-0.05, 0) is 35.6 Å². The van der Waals surface area contributed by atoms with Crippen molar-refractivity contribution in [3.63, 3.8) is 0 Å². The number of nitrogens with one attached hydrogen (secondary N) is 2. The minimum absolute atomic E-state index is 0.106. The fourth-order valence-electron chi connectivity index (χ4n) is 3.64. The number of carbonyl (C=O) groups is 3. The second-order valence-electron chi connectivity index (χ2n) is 7.70. The first-order valence-corrected chi connectivity index (χ1v) is 10.1. The van der Waals surface area contributed by atoms with Crippen molar-refractivity contribution >= 4 is 18.0 Å². The number of hydrogen-bond acceptors (Lipinski definition) is 5. The summed E-state index contributed by atoms with van der Waals surface area (Å²) < 4.78 is 5.48. The first-order valence-electron chi connectivity index (χ1n) is 10.1. The van der Waals surface area contributed by atoms with E-state index in [1.807, 2.05) is 48.5 Å². The van der Waals surface area contributed by atoms with Crippen LogP contribution in [0.2, 0.25) is 0 Å². The molecule has 0 spiro atoms. The van der Waals surface area contributed by atoms with Crippen LogP contribution in [0.1, 0.15) is 37.3 Å². The van der Waals surface area contributed by atoms with Crippen molar-refractivity contribution in [3.05, 3.63) is 59.7 Å². The summed E-state index contributed by atoms with van der Waals surface area (Å²) >= 11 is 0. The molecule has 2 amide bonds. The molecule has 0 aliphatic heterocycles. The van der Waals surface area contributed by atoms with Crippen molar-refractivity contribution in [1.29, 1.82) is 0 Å². The molecule has 0 heterocycles. The summed E-state index contributed by atoms with van der Waals surface area (Å²) in [5, 5.41) is 23.0. The van der Waals surface area contributed by atoms with Crippen molar-refractivity contribution in [3.8, 4) is 11.1 Å². The molecule has 0 saturated carbocycles. The standard InChI is InChI=1S/C23H26N2O6/c1-3-23(2,21(29)24-12-19(26)20(27)28)25-22(30)31-13-18-16-10-6-4-8-14(16)15-9-5-7-11-17(15)18/h4-11,18-19,26H,3,12-13H2,1-2H3,(H,24,29)(H,25,30)(H,27,28)/t19-,23?/m0/s1. The average molecular weight is 426 g/mol. The normalized spacial score (nSPS) is 15.2. The SMILES string of the molecule is CCC(C)(NC(=O)OCC1c2ccccc2-c2ccccc21)C(=O)NC[C@H](O)C(=O)O. The second-order valence-corrected chi connectivity index (χ2v) is 7.70. The van der Waals surface area contributed by atoms with Crippen molar-refractivity contribution < 1.29 is 29.3 Å². The molecule has 0 aromatic heterocycles. The molecule has 2 aromatic carbocycles. The Morgan fingerprint density at radius 1 is 1.06 bits per heavy atom. The van der Waals surface area contributed by atoms with Gasteiger partial charge in [0.2, 0.25) is 5.91 Å². The molecule has 31 heavy (non-hydrogen) atoms. The highest BCUT2D eigenvalue weighted by Crippen LogP contribution is 2.44. The number of amides is 2. The predicted molar refractivity (Wildman–Crippen MR) is 114 cm³/mol. The lowest BCUT2D eigenvalue weighted by Crippen LogP contribution is -2.57. The molecule has 2 aromatic rings. The predicted octanol–water partition coefficient (Wildman–Crippen LogP) is 2.26. The van der Waals surface area contributed by atoms with Gasteiger partial charge >= 0.3 is 12.1 Å². The Balaban J connectivity index is 1.64. The number of carboxylic acid groups (broad SMARTS) is 1. The van der Waals surface area contributed by atoms with Crippen LogP contribution in [-0.4, -0.2) is 53.0 Å². The minimum Gasteiger partial charge on any atom is -0.479 e. The van der Waals surface area contributed by atoms with E-state index in [0.29, 0.717) is 0 Å². The lowest BCUT2D eigenvalue weighted by molar-refractivity contribution is -0.146. The maximum absolute atomic E-state index is 12.5. The number of alkyl carbamates (subject to hydrolysis) is 1. The number of fused-ring (bicyclic) bond motifs is 3. The van der Waals surface area contributed by atoms with Crippen LogP contribution >= 0.6 is 0 Å². The molecular formula is C23H26N2O6. The van der Waals surface area contributed by atoms with Crippen LogP contribution in [0.25, 0.3) is 11.1 Å². The van der Waals surface area contributed by atoms with Gasteiger partial charge in [0.1, 0.15) is 12.1 Å². The number of aliphatic carboxylic acids is 1. The maximum atomic E-state index is 12.5. The van der Waals surface area contributed by atoms with Gasteiger partial charge in [-0.2, -0.15) is 0 Å². The average Bonchev–Trinajstić information content (AvgIpc) is 3.09. The monoisotopic (exact) mass is 426 g/mol. The van der Waals surface area contributed by atoms with E-state index in [4.69, 9.17) is 9.84 Å². The summed E-state index contributed by atoms with van der Waals surface area (Å²) in [6, 6.07) is 15.9. The van der Waals surface area contributed by atoms with Gasteiger partial charge in [0, 0.05) is 5.92 Å². The Kier molecular flexibility index (Phi) is 6.60. The fourth-order valence-corrected chi connectivity index (χ4v) is 3.64. The van der Waals surface area contributed by atoms with E-state index in [2.05, 4.69) is 10.6 Å². The van der Waals surface area contributed by atoms with Gasteiger partial charge in [-0.25, -0.2) is 9.59 Å². The van der Waals surface area contributed by atoms with Crippen molar-refractivity contribution in [2.24, 2.45) is 0 Å². The maximum Gasteiger partial charge on any atom is 0.408 e. The Morgan fingerprint density at radius 3 is 2.13 bits per heavy atom. The van der Waals surface area contributed by atoms with Crippen LogP contribution in [0.3, 0.4) is 0 Å². The molecule has 0 bridgehead atoms. The number of ether oxygens (including phenoxy) is 1. The van der Waals surface area contributed by atoms with Crippen LogP contribution in [0.5, 0.6) is 0 Å². The largest absolute Gasteiger partial charge is 0.479 e. The van der Waals surface area contributed by atoms with E-state index < -0.39 is 36.2 Å². The quantitative estimate of drug-likeness (QED) is 0.513. The van der Waals surface area contributed by atoms with Crippen LogP contribution in [0, 0.1) is 0 Å². The summed E-state index contributed by atoms with van der Waals surface area (Å²) in [7, 11) is 0. The number of carboxylic acids is 1. The van der Waals surface area contributed by atoms with E-state index in [1.165, 1.54) is 6.92 Å². The summed E-state index contributed by atoms with van der Waals surface area (Å²) in [4.78, 5) is 35.7. The summed E-state index contributed by atoms with van der Waals surface area (Å²) in [5.41, 5.74) is 3.06. The molecule has 2 atom stereocenters. The van der Waals surface area contributed by atoms with E-state index in [1.54, 1.807) is 6.92 Å². The van der Waals surface area contributed by atoms with Crippen LogP contribution in [0.4, 0.5) is 4.79 Å². The van der Waals surface area contributed by atoms with E-state index in [-0.39, 0.29) is 18.9 Å². The highest BCUT2D eigenvalue weighted by molar-refractivity contribution is 5.90. The van der Waals surface area contributed by atoms with Crippen molar-refractivity contribution in [2.75, 3.05) is 13.2 Å². The Hall–Kier alpha value is -3.39. The second kappa shape index (κ2) is 9.18. The zero-order chi connectivity index (χ0) is 22.6. The lowest BCUT2D eigenvalue weighted by atomic mass is 9.97. The highest BCUT2D eigenvalue weighted by Gasteiger charge is 2.35. The lowest BCUT2D eigenvalue weighted by Gasteiger charge is -2.28. The highest BCUT2D eigenvalue weighted by atomic mass is 16.5.